The Bertz CT molecular complexity index is 920. The number of hydrogen-bond acceptors (Lipinski definition) is 6. The van der Waals surface area contributed by atoms with E-state index >= 15 is 0 Å². The Morgan fingerprint density at radius 3 is 2.50 bits per heavy atom. The summed E-state index contributed by atoms with van der Waals surface area (Å²) >= 11 is 0. The van der Waals surface area contributed by atoms with E-state index < -0.39 is 0 Å². The Morgan fingerprint density at radius 1 is 1.04 bits per heavy atom. The lowest BCUT2D eigenvalue weighted by Gasteiger charge is -2.35. The molecule has 0 spiro atoms. The molecular formula is C19H21N7O2. The Kier molecular flexibility index (Phi) is 5.05. The Morgan fingerprint density at radius 2 is 1.82 bits per heavy atom. The zero-order chi connectivity index (χ0) is 19.3. The minimum atomic E-state index is -0.118. The van der Waals surface area contributed by atoms with Crippen LogP contribution in [0.1, 0.15) is 0 Å². The summed E-state index contributed by atoms with van der Waals surface area (Å²) in [5, 5.41) is 15.6. The largest absolute Gasteiger partial charge is 0.497 e. The van der Waals surface area contributed by atoms with Crippen LogP contribution in [0.2, 0.25) is 0 Å². The van der Waals surface area contributed by atoms with Gasteiger partial charge in [0.25, 0.3) is 0 Å². The van der Waals surface area contributed by atoms with E-state index in [4.69, 9.17) is 4.74 Å². The monoisotopic (exact) mass is 379 g/mol. The molecule has 1 aliphatic rings. The summed E-state index contributed by atoms with van der Waals surface area (Å²) in [6.45, 7) is 2.61. The number of amides is 2. The highest BCUT2D eigenvalue weighted by molar-refractivity contribution is 5.89. The third-order valence-electron chi connectivity index (χ3n) is 4.59. The number of methoxy groups -OCH3 is 1. The van der Waals surface area contributed by atoms with Crippen molar-refractivity contribution in [3.05, 3.63) is 54.9 Å². The van der Waals surface area contributed by atoms with Gasteiger partial charge in [0.05, 0.1) is 7.11 Å². The average molecular weight is 379 g/mol. The van der Waals surface area contributed by atoms with Crippen molar-refractivity contribution in [3.63, 3.8) is 0 Å². The van der Waals surface area contributed by atoms with E-state index in [1.54, 1.807) is 29.0 Å². The molecule has 1 aliphatic heterocycles. The summed E-state index contributed by atoms with van der Waals surface area (Å²) in [4.78, 5) is 16.4. The van der Waals surface area contributed by atoms with Crippen molar-refractivity contribution in [2.75, 3.05) is 43.5 Å². The second kappa shape index (κ2) is 7.95. The first-order valence-electron chi connectivity index (χ1n) is 9.01. The first kappa shape index (κ1) is 17.8. The van der Waals surface area contributed by atoms with Crippen molar-refractivity contribution in [1.29, 1.82) is 0 Å². The van der Waals surface area contributed by atoms with Gasteiger partial charge in [0.2, 0.25) is 0 Å². The van der Waals surface area contributed by atoms with Crippen LogP contribution in [0.5, 0.6) is 5.75 Å². The fourth-order valence-corrected chi connectivity index (χ4v) is 3.06. The molecule has 1 fully saturated rings. The number of nitrogens with one attached hydrogen (secondary N) is 1. The summed E-state index contributed by atoms with van der Waals surface area (Å²) in [5.41, 5.74) is 0.715. The van der Waals surface area contributed by atoms with Crippen LogP contribution in [0.3, 0.4) is 0 Å². The summed E-state index contributed by atoms with van der Waals surface area (Å²) < 4.78 is 6.85. The lowest BCUT2D eigenvalue weighted by Crippen LogP contribution is -2.50. The van der Waals surface area contributed by atoms with E-state index in [1.165, 1.54) is 0 Å². The maximum Gasteiger partial charge on any atom is 0.321 e. The highest BCUT2D eigenvalue weighted by Gasteiger charge is 2.22. The number of urea groups is 1. The molecule has 3 heterocycles. The first-order valence-corrected chi connectivity index (χ1v) is 9.01. The third-order valence-corrected chi connectivity index (χ3v) is 4.59. The molecule has 1 aromatic carbocycles. The minimum absolute atomic E-state index is 0.118. The Hall–Kier alpha value is -3.62. The number of hydrogen-bond donors (Lipinski definition) is 1. The zero-order valence-electron chi connectivity index (χ0n) is 15.5. The topological polar surface area (TPSA) is 88.4 Å². The first-order chi connectivity index (χ1) is 13.7. The van der Waals surface area contributed by atoms with Crippen molar-refractivity contribution in [2.45, 2.75) is 0 Å². The van der Waals surface area contributed by atoms with Crippen molar-refractivity contribution in [1.82, 2.24) is 24.9 Å². The lowest BCUT2D eigenvalue weighted by molar-refractivity contribution is 0.208. The maximum absolute atomic E-state index is 12.5. The van der Waals surface area contributed by atoms with Gasteiger partial charge in [0.15, 0.2) is 11.6 Å². The normalized spacial score (nSPS) is 14.0. The van der Waals surface area contributed by atoms with Gasteiger partial charge in [-0.3, -0.25) is 0 Å². The molecule has 3 aromatic rings. The summed E-state index contributed by atoms with van der Waals surface area (Å²) in [5.74, 6) is 2.17. The second-order valence-corrected chi connectivity index (χ2v) is 6.34. The predicted octanol–water partition coefficient (Wildman–Crippen LogP) is 2.02. The molecule has 9 heteroatoms. The van der Waals surface area contributed by atoms with Gasteiger partial charge in [-0.15, -0.1) is 10.2 Å². The van der Waals surface area contributed by atoms with Gasteiger partial charge >= 0.3 is 6.03 Å². The van der Waals surface area contributed by atoms with Crippen molar-refractivity contribution >= 4 is 17.5 Å². The molecule has 1 saturated heterocycles. The number of anilines is 2. The molecule has 4 rings (SSSR count). The molecule has 0 bridgehead atoms. The molecule has 2 aromatic heterocycles. The summed E-state index contributed by atoms with van der Waals surface area (Å²) in [6, 6.07) is 12.9. The van der Waals surface area contributed by atoms with E-state index in [1.807, 2.05) is 42.6 Å². The van der Waals surface area contributed by atoms with E-state index in [2.05, 4.69) is 25.5 Å². The predicted molar refractivity (Wildman–Crippen MR) is 105 cm³/mol. The van der Waals surface area contributed by atoms with Gasteiger partial charge in [-0.1, -0.05) is 6.07 Å². The molecule has 28 heavy (non-hydrogen) atoms. The number of nitrogens with zero attached hydrogens (tertiary/aromatic N) is 6. The van der Waals surface area contributed by atoms with E-state index in [-0.39, 0.29) is 6.03 Å². The average Bonchev–Trinajstić information content (AvgIpc) is 3.29. The fraction of sp³-hybridized carbons (Fsp3) is 0.263. The van der Waals surface area contributed by atoms with Crippen molar-refractivity contribution in [2.24, 2.45) is 0 Å². The van der Waals surface area contributed by atoms with Crippen LogP contribution in [0.4, 0.5) is 16.3 Å². The number of ether oxygens (including phenoxy) is 1. The van der Waals surface area contributed by atoms with Crippen LogP contribution in [0.25, 0.3) is 5.82 Å². The smallest absolute Gasteiger partial charge is 0.321 e. The molecule has 144 valence electrons. The van der Waals surface area contributed by atoms with Crippen molar-refractivity contribution < 1.29 is 9.53 Å². The van der Waals surface area contributed by atoms with Gasteiger partial charge in [0.1, 0.15) is 5.75 Å². The molecule has 1 N–H and O–H groups in total. The third kappa shape index (κ3) is 3.88. The fourth-order valence-electron chi connectivity index (χ4n) is 3.06. The molecule has 0 unspecified atom stereocenters. The molecule has 0 atom stereocenters. The van der Waals surface area contributed by atoms with Gasteiger partial charge in [-0.05, 0) is 30.3 Å². The highest BCUT2D eigenvalue weighted by Crippen LogP contribution is 2.18. The highest BCUT2D eigenvalue weighted by atomic mass is 16.5. The van der Waals surface area contributed by atoms with Gasteiger partial charge in [-0.2, -0.15) is 5.10 Å². The van der Waals surface area contributed by atoms with Crippen LogP contribution < -0.4 is 15.0 Å². The van der Waals surface area contributed by atoms with Gasteiger partial charge in [-0.25, -0.2) is 9.48 Å². The number of aromatic nitrogens is 4. The Labute approximate surface area is 162 Å². The zero-order valence-corrected chi connectivity index (χ0v) is 15.5. The molecule has 0 radical (unpaired) electrons. The SMILES string of the molecule is COc1cccc(NC(=O)N2CCN(c3ccc(-n4cccn4)nn3)CC2)c1. The van der Waals surface area contributed by atoms with Crippen LogP contribution in [0, 0.1) is 0 Å². The lowest BCUT2D eigenvalue weighted by atomic mass is 10.3. The number of carbonyl (C=O) groups excluding carboxylic acids is 1. The van der Waals surface area contributed by atoms with Crippen LogP contribution in [-0.2, 0) is 0 Å². The van der Waals surface area contributed by atoms with Gasteiger partial charge < -0.3 is 19.9 Å². The molecule has 9 nitrogen and oxygen atoms in total. The number of piperazine rings is 1. The second-order valence-electron chi connectivity index (χ2n) is 6.34. The number of benzene rings is 1. The molecule has 0 aliphatic carbocycles. The van der Waals surface area contributed by atoms with E-state index in [0.717, 1.165) is 5.82 Å². The van der Waals surface area contributed by atoms with E-state index in [0.29, 0.717) is 43.4 Å². The molecule has 2 amide bonds. The van der Waals surface area contributed by atoms with Crippen LogP contribution in [0.15, 0.2) is 54.9 Å². The Balaban J connectivity index is 1.33. The quantitative estimate of drug-likeness (QED) is 0.746. The van der Waals surface area contributed by atoms with Gasteiger partial charge in [0, 0.05) is 50.3 Å². The molecule has 0 saturated carbocycles. The molecular weight excluding hydrogens is 358 g/mol. The maximum atomic E-state index is 12.5. The summed E-state index contributed by atoms with van der Waals surface area (Å²) in [6.07, 6.45) is 3.52. The number of rotatable bonds is 4. The van der Waals surface area contributed by atoms with Crippen LogP contribution in [-0.4, -0.2) is 64.2 Å². The summed E-state index contributed by atoms with van der Waals surface area (Å²) in [7, 11) is 1.60. The number of carbonyl (C=O) groups is 1. The van der Waals surface area contributed by atoms with E-state index in [9.17, 15) is 4.79 Å². The van der Waals surface area contributed by atoms with Crippen molar-refractivity contribution in [3.8, 4) is 11.6 Å². The van der Waals surface area contributed by atoms with Crippen LogP contribution >= 0.6 is 0 Å². The minimum Gasteiger partial charge on any atom is -0.497 e. The standard InChI is InChI=1S/C19H21N7O2/c1-28-16-5-2-4-15(14-16)21-19(27)25-12-10-24(11-13-25)17-6-7-18(23-22-17)26-9-3-8-20-26/h2-9,14H,10-13H2,1H3,(H,21,27).